The number of alkyl carbamates (subject to hydrolysis) is 1. The molecule has 0 unspecified atom stereocenters. The molecule has 1 aliphatic heterocycles. The maximum Gasteiger partial charge on any atom is 0.407 e. The average molecular weight is 540 g/mol. The van der Waals surface area contributed by atoms with Crippen molar-refractivity contribution in [1.82, 2.24) is 5.32 Å². The Labute approximate surface area is 226 Å². The highest BCUT2D eigenvalue weighted by Gasteiger charge is 2.22. The van der Waals surface area contributed by atoms with Crippen LogP contribution in [0, 0.1) is 0 Å². The van der Waals surface area contributed by atoms with Crippen LogP contribution in [-0.2, 0) is 40.4 Å². The number of nitrogens with one attached hydrogen (secondary N) is 1. The lowest BCUT2D eigenvalue weighted by molar-refractivity contribution is -0.139. The van der Waals surface area contributed by atoms with E-state index in [0.717, 1.165) is 27.8 Å². The standard InChI is InChI=1S/C30H31F2NO6/c1-30(2,3)39-29(35)33-15-21-6-5-7-23-24-12-18(8-9-22(24)17-38-27(21)23)16-37-25-13-20(28(31)32)11-10-19(25)14-26(34)36-4/h5-13,28H,14-17H2,1-4H3,(H,33,35). The van der Waals surface area contributed by atoms with Crippen LogP contribution in [0.15, 0.2) is 54.6 Å². The first-order valence-corrected chi connectivity index (χ1v) is 12.5. The number of halogens is 2. The summed E-state index contributed by atoms with van der Waals surface area (Å²) in [5.41, 5.74) is 4.09. The molecule has 0 fully saturated rings. The van der Waals surface area contributed by atoms with E-state index in [-0.39, 0.29) is 30.9 Å². The van der Waals surface area contributed by atoms with Crippen LogP contribution in [0.1, 0.15) is 55.0 Å². The first kappa shape index (κ1) is 27.9. The van der Waals surface area contributed by atoms with Gasteiger partial charge in [-0.1, -0.05) is 42.5 Å². The number of carbonyl (C=O) groups excluding carboxylic acids is 2. The third-order valence-electron chi connectivity index (χ3n) is 6.06. The Kier molecular flexibility index (Phi) is 8.38. The van der Waals surface area contributed by atoms with Gasteiger partial charge < -0.3 is 24.3 Å². The van der Waals surface area contributed by atoms with Crippen molar-refractivity contribution in [2.24, 2.45) is 0 Å². The van der Waals surface area contributed by atoms with Crippen molar-refractivity contribution < 1.29 is 37.3 Å². The smallest absolute Gasteiger partial charge is 0.407 e. The van der Waals surface area contributed by atoms with Crippen molar-refractivity contribution in [3.05, 3.63) is 82.4 Å². The molecule has 4 rings (SSSR count). The highest BCUT2D eigenvalue weighted by molar-refractivity contribution is 5.77. The topological polar surface area (TPSA) is 83.1 Å². The second kappa shape index (κ2) is 11.7. The Bertz CT molecular complexity index is 1370. The molecule has 7 nitrogen and oxygen atoms in total. The number of para-hydroxylation sites is 1. The summed E-state index contributed by atoms with van der Waals surface area (Å²) in [6.07, 6.45) is -3.28. The van der Waals surface area contributed by atoms with Gasteiger partial charge in [-0.25, -0.2) is 13.6 Å². The lowest BCUT2D eigenvalue weighted by Gasteiger charge is -2.24. The molecule has 1 aliphatic rings. The summed E-state index contributed by atoms with van der Waals surface area (Å²) in [7, 11) is 1.27. The fraction of sp³-hybridized carbons (Fsp3) is 0.333. The summed E-state index contributed by atoms with van der Waals surface area (Å²) >= 11 is 0. The predicted molar refractivity (Wildman–Crippen MR) is 141 cm³/mol. The van der Waals surface area contributed by atoms with E-state index in [2.05, 4.69) is 5.32 Å². The number of amides is 1. The molecule has 0 atom stereocenters. The summed E-state index contributed by atoms with van der Waals surface area (Å²) in [6.45, 7) is 6.09. The number of alkyl halides is 2. The summed E-state index contributed by atoms with van der Waals surface area (Å²) in [5, 5.41) is 2.77. The Morgan fingerprint density at radius 2 is 1.82 bits per heavy atom. The zero-order chi connectivity index (χ0) is 28.2. The number of methoxy groups -OCH3 is 1. The van der Waals surface area contributed by atoms with Crippen molar-refractivity contribution in [3.8, 4) is 22.6 Å². The van der Waals surface area contributed by atoms with Crippen LogP contribution in [-0.4, -0.2) is 24.8 Å². The fourth-order valence-electron chi connectivity index (χ4n) is 4.20. The van der Waals surface area contributed by atoms with E-state index in [1.807, 2.05) is 36.4 Å². The van der Waals surface area contributed by atoms with Crippen LogP contribution in [0.3, 0.4) is 0 Å². The van der Waals surface area contributed by atoms with Gasteiger partial charge in [-0.15, -0.1) is 0 Å². The maximum absolute atomic E-state index is 13.3. The average Bonchev–Trinajstić information content (AvgIpc) is 2.89. The molecule has 206 valence electrons. The molecule has 1 amide bonds. The molecular weight excluding hydrogens is 508 g/mol. The van der Waals surface area contributed by atoms with Gasteiger partial charge in [0.05, 0.1) is 13.5 Å². The number of fused-ring (bicyclic) bond motifs is 3. The lowest BCUT2D eigenvalue weighted by atomic mass is 9.93. The summed E-state index contributed by atoms with van der Waals surface area (Å²) in [5.74, 6) is 0.381. The Hall–Kier alpha value is -4.14. The second-order valence-electron chi connectivity index (χ2n) is 10.1. The van der Waals surface area contributed by atoms with E-state index >= 15 is 0 Å². The number of ether oxygens (including phenoxy) is 4. The van der Waals surface area contributed by atoms with Crippen molar-refractivity contribution in [2.75, 3.05) is 7.11 Å². The molecule has 0 spiro atoms. The van der Waals surface area contributed by atoms with Crippen LogP contribution < -0.4 is 14.8 Å². The van der Waals surface area contributed by atoms with Crippen molar-refractivity contribution in [3.63, 3.8) is 0 Å². The molecule has 9 heteroatoms. The number of hydrogen-bond acceptors (Lipinski definition) is 6. The van der Waals surface area contributed by atoms with Crippen LogP contribution in [0.2, 0.25) is 0 Å². The van der Waals surface area contributed by atoms with Crippen LogP contribution >= 0.6 is 0 Å². The third-order valence-corrected chi connectivity index (χ3v) is 6.06. The van der Waals surface area contributed by atoms with Gasteiger partial charge in [0.15, 0.2) is 0 Å². The second-order valence-corrected chi connectivity index (χ2v) is 10.1. The predicted octanol–water partition coefficient (Wildman–Crippen LogP) is 6.50. The highest BCUT2D eigenvalue weighted by atomic mass is 19.3. The molecule has 3 aromatic rings. The number of rotatable bonds is 8. The van der Waals surface area contributed by atoms with Gasteiger partial charge in [0, 0.05) is 28.8 Å². The Morgan fingerprint density at radius 1 is 1.03 bits per heavy atom. The number of esters is 1. The SMILES string of the molecule is COC(=O)Cc1ccc(C(F)F)cc1OCc1ccc2c(c1)-c1cccc(CNC(=O)OC(C)(C)C)c1OC2. The highest BCUT2D eigenvalue weighted by Crippen LogP contribution is 2.40. The molecule has 0 radical (unpaired) electrons. The van der Waals surface area contributed by atoms with Gasteiger partial charge in [-0.3, -0.25) is 4.79 Å². The molecular formula is C30H31F2NO6. The fourth-order valence-corrected chi connectivity index (χ4v) is 4.20. The summed E-state index contributed by atoms with van der Waals surface area (Å²) in [6, 6.07) is 15.5. The summed E-state index contributed by atoms with van der Waals surface area (Å²) < 4.78 is 48.7. The molecule has 1 N–H and O–H groups in total. The quantitative estimate of drug-likeness (QED) is 0.329. The van der Waals surface area contributed by atoms with Gasteiger partial charge in [0.2, 0.25) is 0 Å². The Morgan fingerprint density at radius 3 is 2.54 bits per heavy atom. The molecule has 0 aliphatic carbocycles. The maximum atomic E-state index is 13.3. The van der Waals surface area contributed by atoms with Crippen molar-refractivity contribution in [2.45, 2.75) is 59.0 Å². The van der Waals surface area contributed by atoms with E-state index < -0.39 is 24.1 Å². The van der Waals surface area contributed by atoms with Gasteiger partial charge in [0.25, 0.3) is 6.43 Å². The molecule has 3 aromatic carbocycles. The molecule has 0 saturated heterocycles. The lowest BCUT2D eigenvalue weighted by Crippen LogP contribution is -2.32. The largest absolute Gasteiger partial charge is 0.489 e. The Balaban J connectivity index is 1.54. The van der Waals surface area contributed by atoms with Gasteiger partial charge in [-0.2, -0.15) is 0 Å². The minimum absolute atomic E-state index is 0.0929. The normalized spacial score (nSPS) is 12.2. The molecule has 1 heterocycles. The third kappa shape index (κ3) is 7.04. The minimum atomic E-state index is -2.67. The number of carbonyl (C=O) groups is 2. The molecule has 0 saturated carbocycles. The van der Waals surface area contributed by atoms with E-state index in [1.54, 1.807) is 20.8 Å². The monoisotopic (exact) mass is 539 g/mol. The van der Waals surface area contributed by atoms with Crippen molar-refractivity contribution >= 4 is 12.1 Å². The van der Waals surface area contributed by atoms with Crippen LogP contribution in [0.5, 0.6) is 11.5 Å². The van der Waals surface area contributed by atoms with E-state index in [9.17, 15) is 18.4 Å². The number of benzene rings is 3. The summed E-state index contributed by atoms with van der Waals surface area (Å²) in [4.78, 5) is 23.9. The van der Waals surface area contributed by atoms with Crippen LogP contribution in [0.4, 0.5) is 13.6 Å². The first-order chi connectivity index (χ1) is 18.5. The molecule has 0 aromatic heterocycles. The zero-order valence-electron chi connectivity index (χ0n) is 22.3. The zero-order valence-corrected chi connectivity index (χ0v) is 22.3. The van der Waals surface area contributed by atoms with E-state index in [4.69, 9.17) is 18.9 Å². The van der Waals surface area contributed by atoms with Gasteiger partial charge >= 0.3 is 12.1 Å². The van der Waals surface area contributed by atoms with Gasteiger partial charge in [-0.05, 0) is 49.6 Å². The van der Waals surface area contributed by atoms with Gasteiger partial charge in [0.1, 0.15) is 30.3 Å². The van der Waals surface area contributed by atoms with E-state index in [1.165, 1.54) is 25.3 Å². The molecule has 39 heavy (non-hydrogen) atoms. The molecule has 0 bridgehead atoms. The van der Waals surface area contributed by atoms with Crippen LogP contribution in [0.25, 0.3) is 11.1 Å². The van der Waals surface area contributed by atoms with Crippen molar-refractivity contribution in [1.29, 1.82) is 0 Å². The minimum Gasteiger partial charge on any atom is -0.489 e. The van der Waals surface area contributed by atoms with E-state index in [0.29, 0.717) is 17.9 Å². The number of hydrogen-bond donors (Lipinski definition) is 1. The first-order valence-electron chi connectivity index (χ1n) is 12.5.